The molecule has 0 aliphatic heterocycles. The van der Waals surface area contributed by atoms with Gasteiger partial charge in [0.1, 0.15) is 5.60 Å². The molecule has 3 rings (SSSR count). The lowest BCUT2D eigenvalue weighted by atomic mass is 9.80. The van der Waals surface area contributed by atoms with Crippen molar-refractivity contribution in [2.75, 3.05) is 106 Å². The van der Waals surface area contributed by atoms with Crippen molar-refractivity contribution in [2.45, 2.75) is 5.60 Å². The first-order valence-corrected chi connectivity index (χ1v) is 15.3. The highest BCUT2D eigenvalue weighted by molar-refractivity contribution is 5.47. The van der Waals surface area contributed by atoms with E-state index < -0.39 is 5.60 Å². The third-order valence-corrected chi connectivity index (χ3v) is 6.55. The molecular weight excluding hydrogens is 564 g/mol. The average molecular weight is 613 g/mol. The van der Waals surface area contributed by atoms with Crippen LogP contribution in [0.25, 0.3) is 0 Å². The Morgan fingerprint density at radius 2 is 0.591 bits per heavy atom. The Balaban J connectivity index is 1.21. The van der Waals surface area contributed by atoms with Crippen LogP contribution in [0, 0.1) is 0 Å². The highest BCUT2D eigenvalue weighted by atomic mass is 16.6. The van der Waals surface area contributed by atoms with Gasteiger partial charge >= 0.3 is 0 Å². The number of hydrogen-bond donors (Lipinski definition) is 1. The topological polar surface area (TPSA) is 94.1 Å². The standard InChI is InChI=1S/C35H48O9/c36-16-17-37-18-19-38-20-21-39-22-23-40-24-25-41-26-27-42-28-29-43-30-31-44-35(32-10-4-1-5-11-32,33-12-6-2-7-13-33)34-14-8-3-9-15-34/h1-15,36H,16-31H2. The first-order valence-electron chi connectivity index (χ1n) is 15.3. The van der Waals surface area contributed by atoms with E-state index in [0.717, 1.165) is 16.7 Å². The lowest BCUT2D eigenvalue weighted by Crippen LogP contribution is -2.34. The third-order valence-electron chi connectivity index (χ3n) is 6.55. The van der Waals surface area contributed by atoms with Crippen molar-refractivity contribution in [1.82, 2.24) is 0 Å². The van der Waals surface area contributed by atoms with Crippen LogP contribution in [0.4, 0.5) is 0 Å². The average Bonchev–Trinajstić information content (AvgIpc) is 3.08. The number of hydrogen-bond acceptors (Lipinski definition) is 9. The van der Waals surface area contributed by atoms with Gasteiger partial charge in [-0.15, -0.1) is 0 Å². The van der Waals surface area contributed by atoms with Crippen LogP contribution in [-0.4, -0.2) is 111 Å². The van der Waals surface area contributed by atoms with E-state index in [1.54, 1.807) is 0 Å². The zero-order valence-electron chi connectivity index (χ0n) is 25.7. The van der Waals surface area contributed by atoms with Crippen molar-refractivity contribution in [3.63, 3.8) is 0 Å². The highest BCUT2D eigenvalue weighted by Crippen LogP contribution is 2.40. The van der Waals surface area contributed by atoms with Gasteiger partial charge in [0.2, 0.25) is 0 Å². The third kappa shape index (κ3) is 13.5. The largest absolute Gasteiger partial charge is 0.394 e. The summed E-state index contributed by atoms with van der Waals surface area (Å²) in [5.41, 5.74) is 2.46. The van der Waals surface area contributed by atoms with Gasteiger partial charge in [0.25, 0.3) is 0 Å². The lowest BCUT2D eigenvalue weighted by Gasteiger charge is -2.36. The molecule has 1 N–H and O–H groups in total. The van der Waals surface area contributed by atoms with E-state index >= 15 is 0 Å². The maximum absolute atomic E-state index is 8.60. The molecule has 0 fully saturated rings. The van der Waals surface area contributed by atoms with E-state index in [1.807, 2.05) is 54.6 Å². The normalized spacial score (nSPS) is 11.7. The van der Waals surface area contributed by atoms with E-state index in [1.165, 1.54) is 0 Å². The molecule has 0 atom stereocenters. The van der Waals surface area contributed by atoms with Crippen molar-refractivity contribution in [2.24, 2.45) is 0 Å². The fraction of sp³-hybridized carbons (Fsp3) is 0.486. The van der Waals surface area contributed by atoms with E-state index in [4.69, 9.17) is 43.0 Å². The van der Waals surface area contributed by atoms with Gasteiger partial charge in [-0.1, -0.05) is 91.0 Å². The van der Waals surface area contributed by atoms with Crippen molar-refractivity contribution in [3.8, 4) is 0 Å². The van der Waals surface area contributed by atoms with Gasteiger partial charge in [0.05, 0.1) is 106 Å². The monoisotopic (exact) mass is 612 g/mol. The Morgan fingerprint density at radius 1 is 0.341 bits per heavy atom. The van der Waals surface area contributed by atoms with E-state index in [9.17, 15) is 0 Å². The number of rotatable bonds is 27. The highest BCUT2D eigenvalue weighted by Gasteiger charge is 2.37. The summed E-state index contributed by atoms with van der Waals surface area (Å²) >= 11 is 0. The van der Waals surface area contributed by atoms with Crippen molar-refractivity contribution in [3.05, 3.63) is 108 Å². The maximum atomic E-state index is 8.60. The second-order valence-electron chi connectivity index (χ2n) is 9.64. The van der Waals surface area contributed by atoms with Gasteiger partial charge in [-0.25, -0.2) is 0 Å². The Bertz CT molecular complexity index is 957. The van der Waals surface area contributed by atoms with Crippen LogP contribution in [0.5, 0.6) is 0 Å². The summed E-state index contributed by atoms with van der Waals surface area (Å²) in [7, 11) is 0. The summed E-state index contributed by atoms with van der Waals surface area (Å²) in [6, 6.07) is 31.0. The van der Waals surface area contributed by atoms with Gasteiger partial charge in [-0.05, 0) is 16.7 Å². The molecule has 0 radical (unpaired) electrons. The summed E-state index contributed by atoms with van der Waals surface area (Å²) in [5, 5.41) is 8.60. The summed E-state index contributed by atoms with van der Waals surface area (Å²) < 4.78 is 45.1. The Hall–Kier alpha value is -2.70. The molecule has 0 unspecified atom stereocenters. The molecule has 3 aromatic rings. The number of ether oxygens (including phenoxy) is 8. The first kappa shape index (κ1) is 35.8. The quantitative estimate of drug-likeness (QED) is 0.101. The number of aliphatic hydroxyl groups excluding tert-OH is 1. The van der Waals surface area contributed by atoms with Crippen LogP contribution < -0.4 is 0 Å². The number of aliphatic hydroxyl groups is 1. The molecule has 0 saturated heterocycles. The van der Waals surface area contributed by atoms with Crippen molar-refractivity contribution < 1.29 is 43.0 Å². The molecule has 242 valence electrons. The predicted octanol–water partition coefficient (Wildman–Crippen LogP) is 4.10. The number of benzene rings is 3. The summed E-state index contributed by atoms with van der Waals surface area (Å²) in [4.78, 5) is 0. The fourth-order valence-corrected chi connectivity index (χ4v) is 4.51. The van der Waals surface area contributed by atoms with E-state index in [0.29, 0.717) is 99.1 Å². The van der Waals surface area contributed by atoms with Gasteiger partial charge in [-0.2, -0.15) is 0 Å². The molecule has 0 aliphatic rings. The smallest absolute Gasteiger partial charge is 0.143 e. The molecule has 0 aromatic heterocycles. The zero-order valence-corrected chi connectivity index (χ0v) is 25.7. The minimum absolute atomic E-state index is 0.0255. The molecule has 9 heteroatoms. The molecule has 3 aromatic carbocycles. The zero-order chi connectivity index (χ0) is 30.8. The molecule has 0 amide bonds. The van der Waals surface area contributed by atoms with Crippen molar-refractivity contribution in [1.29, 1.82) is 0 Å². The SMILES string of the molecule is OCCOCCOCCOCCOCCOCCOCCOCCOC(c1ccccc1)(c1ccccc1)c1ccccc1. The molecule has 44 heavy (non-hydrogen) atoms. The van der Waals surface area contributed by atoms with Crippen LogP contribution >= 0.6 is 0 Å². The van der Waals surface area contributed by atoms with Gasteiger partial charge < -0.3 is 43.0 Å². The Labute approximate surface area is 261 Å². The van der Waals surface area contributed by atoms with Gasteiger partial charge in [0, 0.05) is 0 Å². The van der Waals surface area contributed by atoms with E-state index in [2.05, 4.69) is 36.4 Å². The van der Waals surface area contributed by atoms with Gasteiger partial charge in [-0.3, -0.25) is 0 Å². The second-order valence-corrected chi connectivity index (χ2v) is 9.64. The lowest BCUT2D eigenvalue weighted by molar-refractivity contribution is -0.0397. The summed E-state index contributed by atoms with van der Waals surface area (Å²) in [6.07, 6.45) is 0. The molecular formula is C35H48O9. The van der Waals surface area contributed by atoms with Crippen LogP contribution in [0.1, 0.15) is 16.7 Å². The molecule has 0 saturated carbocycles. The molecule has 0 spiro atoms. The Kier molecular flexibility index (Phi) is 19.2. The molecule has 0 bridgehead atoms. The Morgan fingerprint density at radius 3 is 0.864 bits per heavy atom. The van der Waals surface area contributed by atoms with Crippen LogP contribution in [-0.2, 0) is 43.5 Å². The van der Waals surface area contributed by atoms with Crippen LogP contribution in [0.3, 0.4) is 0 Å². The van der Waals surface area contributed by atoms with Crippen LogP contribution in [0.2, 0.25) is 0 Å². The second kappa shape index (κ2) is 23.7. The molecule has 9 nitrogen and oxygen atoms in total. The maximum Gasteiger partial charge on any atom is 0.143 e. The van der Waals surface area contributed by atoms with E-state index in [-0.39, 0.29) is 6.61 Å². The van der Waals surface area contributed by atoms with Crippen molar-refractivity contribution >= 4 is 0 Å². The molecule has 0 heterocycles. The summed E-state index contributed by atoms with van der Waals surface area (Å²) in [5.74, 6) is 0. The van der Waals surface area contributed by atoms with Gasteiger partial charge in [0.15, 0.2) is 0 Å². The minimum Gasteiger partial charge on any atom is -0.394 e. The first-order chi connectivity index (χ1) is 21.9. The van der Waals surface area contributed by atoms with Crippen LogP contribution in [0.15, 0.2) is 91.0 Å². The minimum atomic E-state index is -0.746. The fourth-order valence-electron chi connectivity index (χ4n) is 4.51. The summed E-state index contributed by atoms with van der Waals surface area (Å²) in [6.45, 7) is 7.15. The predicted molar refractivity (Wildman–Crippen MR) is 168 cm³/mol. The molecule has 0 aliphatic carbocycles.